The van der Waals surface area contributed by atoms with Crippen LogP contribution < -0.4 is 5.32 Å². The van der Waals surface area contributed by atoms with Gasteiger partial charge in [0.2, 0.25) is 0 Å². The zero-order chi connectivity index (χ0) is 12.4. The quantitative estimate of drug-likeness (QED) is 0.582. The number of hydrogen-bond acceptors (Lipinski definition) is 3. The van der Waals surface area contributed by atoms with Crippen molar-refractivity contribution in [2.24, 2.45) is 0 Å². The largest absolute Gasteiger partial charge is 0.379 e. The van der Waals surface area contributed by atoms with Gasteiger partial charge in [0.15, 0.2) is 0 Å². The maximum atomic E-state index is 5.37. The highest BCUT2D eigenvalue weighted by Gasteiger charge is 2.14. The number of nitrogens with zero attached hydrogens (tertiary/aromatic N) is 1. The number of nitrogens with one attached hydrogen (secondary N) is 1. The van der Waals surface area contributed by atoms with Crippen molar-refractivity contribution in [3.05, 3.63) is 0 Å². The van der Waals surface area contributed by atoms with Crippen LogP contribution in [0.25, 0.3) is 0 Å². The monoisotopic (exact) mass is 230 g/mol. The number of ether oxygens (including phenoxy) is 1. The molecule has 0 aromatic heterocycles. The molecule has 1 N–H and O–H groups in total. The van der Waals surface area contributed by atoms with Crippen molar-refractivity contribution in [3.63, 3.8) is 0 Å². The first-order chi connectivity index (χ1) is 7.55. The minimum atomic E-state index is 0.000855. The molecule has 3 nitrogen and oxygen atoms in total. The summed E-state index contributed by atoms with van der Waals surface area (Å²) in [4.78, 5) is 2.48. The second kappa shape index (κ2) is 8.97. The van der Waals surface area contributed by atoms with Crippen LogP contribution in [0.15, 0.2) is 0 Å². The maximum Gasteiger partial charge on any atom is 0.0634 e. The molecule has 0 rings (SSSR count). The first-order valence-corrected chi connectivity index (χ1v) is 6.54. The summed E-state index contributed by atoms with van der Waals surface area (Å²) in [5, 5.41) is 3.48. The fourth-order valence-electron chi connectivity index (χ4n) is 1.60. The Morgan fingerprint density at radius 1 is 1.12 bits per heavy atom. The van der Waals surface area contributed by atoms with E-state index in [4.69, 9.17) is 4.74 Å². The van der Waals surface area contributed by atoms with Gasteiger partial charge in [0, 0.05) is 20.2 Å². The molecule has 0 bridgehead atoms. The highest BCUT2D eigenvalue weighted by atomic mass is 16.5. The summed E-state index contributed by atoms with van der Waals surface area (Å²) >= 11 is 0. The van der Waals surface area contributed by atoms with E-state index in [0.29, 0.717) is 0 Å². The van der Waals surface area contributed by atoms with Crippen LogP contribution in [0.1, 0.15) is 40.5 Å². The summed E-state index contributed by atoms with van der Waals surface area (Å²) < 4.78 is 5.37. The van der Waals surface area contributed by atoms with E-state index in [2.05, 4.69) is 37.9 Å². The molecule has 0 aliphatic carbocycles. The topological polar surface area (TPSA) is 24.5 Å². The van der Waals surface area contributed by atoms with E-state index in [0.717, 1.165) is 32.6 Å². The number of rotatable bonds is 10. The van der Waals surface area contributed by atoms with E-state index in [1.54, 1.807) is 7.11 Å². The number of hydrogen-bond donors (Lipinski definition) is 1. The Hall–Kier alpha value is -0.120. The van der Waals surface area contributed by atoms with Crippen LogP contribution in [-0.4, -0.2) is 50.3 Å². The molecular weight excluding hydrogens is 200 g/mol. The fraction of sp³-hybridized carbons (Fsp3) is 1.00. The van der Waals surface area contributed by atoms with Gasteiger partial charge in [0.25, 0.3) is 0 Å². The van der Waals surface area contributed by atoms with Crippen molar-refractivity contribution in [3.8, 4) is 0 Å². The van der Waals surface area contributed by atoms with Gasteiger partial charge in [-0.05, 0) is 46.3 Å². The first-order valence-electron chi connectivity index (χ1n) is 6.54. The predicted octanol–water partition coefficient (Wildman–Crippen LogP) is 2.12. The Morgan fingerprint density at radius 3 is 2.31 bits per heavy atom. The van der Waals surface area contributed by atoms with Crippen LogP contribution in [0, 0.1) is 0 Å². The Morgan fingerprint density at radius 2 is 1.81 bits per heavy atom. The molecular formula is C13H30N2O. The van der Waals surface area contributed by atoms with Gasteiger partial charge in [0.1, 0.15) is 0 Å². The molecule has 0 atom stereocenters. The van der Waals surface area contributed by atoms with Crippen molar-refractivity contribution in [1.82, 2.24) is 10.2 Å². The van der Waals surface area contributed by atoms with E-state index in [-0.39, 0.29) is 5.60 Å². The molecule has 0 aliphatic heterocycles. The smallest absolute Gasteiger partial charge is 0.0634 e. The Bertz CT molecular complexity index is 160. The fourth-order valence-corrected chi connectivity index (χ4v) is 1.60. The summed E-state index contributed by atoms with van der Waals surface area (Å²) in [6, 6.07) is 0. The van der Waals surface area contributed by atoms with Gasteiger partial charge >= 0.3 is 0 Å². The summed E-state index contributed by atoms with van der Waals surface area (Å²) in [7, 11) is 1.78. The van der Waals surface area contributed by atoms with Crippen LogP contribution in [-0.2, 0) is 4.74 Å². The average Bonchev–Trinajstić information content (AvgIpc) is 2.27. The summed E-state index contributed by atoms with van der Waals surface area (Å²) in [6.45, 7) is 14.3. The SMILES string of the molecule is CCCN(CC)CCNCCC(C)(C)OC. The van der Waals surface area contributed by atoms with Gasteiger partial charge in [0.05, 0.1) is 5.60 Å². The lowest BCUT2D eigenvalue weighted by Crippen LogP contribution is -2.35. The van der Waals surface area contributed by atoms with E-state index >= 15 is 0 Å². The molecule has 0 spiro atoms. The Labute approximate surface area is 102 Å². The molecule has 0 saturated carbocycles. The molecule has 0 unspecified atom stereocenters. The lowest BCUT2D eigenvalue weighted by atomic mass is 10.1. The molecule has 0 aliphatic rings. The molecule has 0 aromatic carbocycles. The second-order valence-corrected chi connectivity index (χ2v) is 4.90. The van der Waals surface area contributed by atoms with Crippen LogP contribution in [0.2, 0.25) is 0 Å². The van der Waals surface area contributed by atoms with Crippen LogP contribution in [0.3, 0.4) is 0 Å². The van der Waals surface area contributed by atoms with Crippen molar-refractivity contribution in [2.75, 3.05) is 39.8 Å². The van der Waals surface area contributed by atoms with Crippen molar-refractivity contribution in [1.29, 1.82) is 0 Å². The van der Waals surface area contributed by atoms with Gasteiger partial charge < -0.3 is 15.0 Å². The summed E-state index contributed by atoms with van der Waals surface area (Å²) in [5.41, 5.74) is 0.000855. The predicted molar refractivity (Wildman–Crippen MR) is 71.0 cm³/mol. The highest BCUT2D eigenvalue weighted by Crippen LogP contribution is 2.10. The third-order valence-electron chi connectivity index (χ3n) is 3.05. The summed E-state index contributed by atoms with van der Waals surface area (Å²) in [5.74, 6) is 0. The molecule has 0 aromatic rings. The zero-order valence-electron chi connectivity index (χ0n) is 11.8. The van der Waals surface area contributed by atoms with Gasteiger partial charge in [-0.2, -0.15) is 0 Å². The van der Waals surface area contributed by atoms with Crippen molar-refractivity contribution in [2.45, 2.75) is 46.1 Å². The molecule has 3 heteroatoms. The summed E-state index contributed by atoms with van der Waals surface area (Å²) in [6.07, 6.45) is 2.30. The lowest BCUT2D eigenvalue weighted by Gasteiger charge is -2.24. The maximum absolute atomic E-state index is 5.37. The molecule has 98 valence electrons. The van der Waals surface area contributed by atoms with E-state index < -0.39 is 0 Å². The van der Waals surface area contributed by atoms with Crippen molar-refractivity contribution < 1.29 is 4.74 Å². The third-order valence-corrected chi connectivity index (χ3v) is 3.05. The zero-order valence-corrected chi connectivity index (χ0v) is 11.8. The van der Waals surface area contributed by atoms with Crippen LogP contribution in [0.5, 0.6) is 0 Å². The van der Waals surface area contributed by atoms with Crippen LogP contribution in [0.4, 0.5) is 0 Å². The minimum absolute atomic E-state index is 0.000855. The van der Waals surface area contributed by atoms with Crippen LogP contribution >= 0.6 is 0 Å². The second-order valence-electron chi connectivity index (χ2n) is 4.90. The molecule has 0 heterocycles. The Kier molecular flexibility index (Phi) is 8.90. The molecule has 0 amide bonds. The van der Waals surface area contributed by atoms with Gasteiger partial charge in [-0.1, -0.05) is 13.8 Å². The molecule has 0 radical (unpaired) electrons. The van der Waals surface area contributed by atoms with Gasteiger partial charge in [-0.15, -0.1) is 0 Å². The molecule has 0 saturated heterocycles. The van der Waals surface area contributed by atoms with Crippen molar-refractivity contribution >= 4 is 0 Å². The number of likely N-dealkylation sites (N-methyl/N-ethyl adjacent to an activating group) is 1. The van der Waals surface area contributed by atoms with E-state index in [1.165, 1.54) is 13.0 Å². The molecule has 0 fully saturated rings. The Balaban J connectivity index is 3.45. The average molecular weight is 230 g/mol. The number of methoxy groups -OCH3 is 1. The normalized spacial score (nSPS) is 12.4. The van der Waals surface area contributed by atoms with Gasteiger partial charge in [-0.25, -0.2) is 0 Å². The lowest BCUT2D eigenvalue weighted by molar-refractivity contribution is 0.0158. The first kappa shape index (κ1) is 15.9. The highest BCUT2D eigenvalue weighted by molar-refractivity contribution is 4.69. The van der Waals surface area contributed by atoms with E-state index in [9.17, 15) is 0 Å². The standard InChI is InChI=1S/C13H30N2O/c1-6-11-15(7-2)12-10-14-9-8-13(3,4)16-5/h14H,6-12H2,1-5H3. The van der Waals surface area contributed by atoms with Gasteiger partial charge in [-0.3, -0.25) is 0 Å². The minimum Gasteiger partial charge on any atom is -0.379 e. The molecule has 16 heavy (non-hydrogen) atoms. The third kappa shape index (κ3) is 8.08. The van der Waals surface area contributed by atoms with E-state index in [1.807, 2.05) is 0 Å².